The molecule has 1 atom stereocenters. The lowest BCUT2D eigenvalue weighted by molar-refractivity contribution is 0.206. The largest absolute Gasteiger partial charge is 0.380 e. The van der Waals surface area contributed by atoms with Gasteiger partial charge in [-0.25, -0.2) is 4.98 Å². The topological polar surface area (TPSA) is 66.2 Å². The molecule has 0 aliphatic carbocycles. The Morgan fingerprint density at radius 3 is 2.37 bits per heavy atom. The zero-order valence-corrected chi connectivity index (χ0v) is 21.9. The van der Waals surface area contributed by atoms with Crippen molar-refractivity contribution in [3.63, 3.8) is 0 Å². The van der Waals surface area contributed by atoms with Crippen LogP contribution in [0, 0.1) is 13.8 Å². The maximum Gasteiger partial charge on any atom is 0.143 e. The van der Waals surface area contributed by atoms with Crippen LogP contribution >= 0.6 is 0 Å². The summed E-state index contributed by atoms with van der Waals surface area (Å²) >= 11 is 0. The highest BCUT2D eigenvalue weighted by atomic mass is 16.3. The van der Waals surface area contributed by atoms with E-state index in [9.17, 15) is 5.11 Å². The Morgan fingerprint density at radius 2 is 1.61 bits per heavy atom. The van der Waals surface area contributed by atoms with Crippen LogP contribution in [0.15, 0.2) is 85.2 Å². The molecule has 0 spiro atoms. The molecular weight excluding hydrogens is 470 g/mol. The number of anilines is 1. The molecule has 3 heterocycles. The first-order chi connectivity index (χ1) is 18.6. The molecule has 6 nitrogen and oxygen atoms in total. The highest BCUT2D eigenvalue weighted by molar-refractivity contribution is 5.83. The number of imidazole rings is 1. The Morgan fingerprint density at radius 1 is 0.868 bits per heavy atom. The zero-order valence-electron chi connectivity index (χ0n) is 21.9. The van der Waals surface area contributed by atoms with Crippen LogP contribution in [0.25, 0.3) is 22.2 Å². The minimum atomic E-state index is -0.850. The SMILES string of the molecule is Cc1ccc(C)c(Cn2c(C(O)c3ccncc3)nc3ccc(-c4ccc(N5CCNCC5)cc4)cc32)c1. The van der Waals surface area contributed by atoms with Gasteiger partial charge in [0.25, 0.3) is 0 Å². The van der Waals surface area contributed by atoms with E-state index in [1.165, 1.54) is 27.9 Å². The van der Waals surface area contributed by atoms with E-state index in [0.29, 0.717) is 12.4 Å². The molecule has 5 aromatic rings. The van der Waals surface area contributed by atoms with E-state index in [4.69, 9.17) is 4.98 Å². The molecule has 6 rings (SSSR count). The van der Waals surface area contributed by atoms with Gasteiger partial charge in [-0.1, -0.05) is 42.0 Å². The zero-order chi connectivity index (χ0) is 26.1. The fraction of sp³-hybridized carbons (Fsp3) is 0.250. The molecule has 0 saturated carbocycles. The Hall–Kier alpha value is -4.00. The standard InChI is InChI=1S/C32H33N5O/c1-22-3-4-23(2)27(19-22)21-37-30-20-26(24-5-8-28(9-6-24)36-17-15-34-16-18-36)7-10-29(30)35-32(37)31(38)25-11-13-33-14-12-25/h3-14,19-20,31,34,38H,15-18,21H2,1-2H3. The Kier molecular flexibility index (Phi) is 6.66. The Labute approximate surface area is 223 Å². The van der Waals surface area contributed by atoms with Crippen LogP contribution in [0.2, 0.25) is 0 Å². The second-order valence-corrected chi connectivity index (χ2v) is 10.2. The number of benzene rings is 3. The lowest BCUT2D eigenvalue weighted by atomic mass is 10.0. The van der Waals surface area contributed by atoms with E-state index >= 15 is 0 Å². The molecule has 0 bridgehead atoms. The normalized spacial score (nSPS) is 14.7. The summed E-state index contributed by atoms with van der Waals surface area (Å²) < 4.78 is 2.17. The first-order valence-corrected chi connectivity index (χ1v) is 13.3. The number of fused-ring (bicyclic) bond motifs is 1. The number of rotatable bonds is 6. The fourth-order valence-electron chi connectivity index (χ4n) is 5.32. The number of aryl methyl sites for hydroxylation is 2. The van der Waals surface area contributed by atoms with Crippen molar-refractivity contribution < 1.29 is 5.11 Å². The van der Waals surface area contributed by atoms with E-state index < -0.39 is 6.10 Å². The fourth-order valence-corrected chi connectivity index (χ4v) is 5.32. The van der Waals surface area contributed by atoms with Crippen molar-refractivity contribution in [2.75, 3.05) is 31.1 Å². The quantitative estimate of drug-likeness (QED) is 0.331. The average molecular weight is 504 g/mol. The molecule has 38 heavy (non-hydrogen) atoms. The van der Waals surface area contributed by atoms with Gasteiger partial charge in [-0.3, -0.25) is 4.98 Å². The van der Waals surface area contributed by atoms with Gasteiger partial charge in [0.15, 0.2) is 0 Å². The summed E-state index contributed by atoms with van der Waals surface area (Å²) in [7, 11) is 0. The highest BCUT2D eigenvalue weighted by Crippen LogP contribution is 2.31. The lowest BCUT2D eigenvalue weighted by Crippen LogP contribution is -2.43. The van der Waals surface area contributed by atoms with E-state index in [0.717, 1.165) is 48.3 Å². The summed E-state index contributed by atoms with van der Waals surface area (Å²) in [6, 6.07) is 25.5. The molecule has 3 aromatic carbocycles. The summed E-state index contributed by atoms with van der Waals surface area (Å²) in [5.41, 5.74) is 9.90. The number of nitrogens with zero attached hydrogens (tertiary/aromatic N) is 4. The predicted molar refractivity (Wildman–Crippen MR) is 154 cm³/mol. The van der Waals surface area contributed by atoms with Crippen LogP contribution in [0.1, 0.15) is 34.2 Å². The van der Waals surface area contributed by atoms with E-state index in [1.807, 2.05) is 12.1 Å². The number of hydrogen-bond acceptors (Lipinski definition) is 5. The average Bonchev–Trinajstić information content (AvgIpc) is 3.33. The van der Waals surface area contributed by atoms with Crippen molar-refractivity contribution in [1.29, 1.82) is 0 Å². The molecule has 0 radical (unpaired) electrons. The minimum absolute atomic E-state index is 0.632. The van der Waals surface area contributed by atoms with Crippen molar-refractivity contribution >= 4 is 16.7 Å². The van der Waals surface area contributed by atoms with Crippen LogP contribution in [0.3, 0.4) is 0 Å². The molecule has 2 aromatic heterocycles. The Bertz CT molecular complexity index is 1550. The molecule has 192 valence electrons. The molecule has 1 unspecified atom stereocenters. The van der Waals surface area contributed by atoms with Crippen LogP contribution < -0.4 is 10.2 Å². The van der Waals surface area contributed by atoms with Gasteiger partial charge in [-0.2, -0.15) is 0 Å². The van der Waals surface area contributed by atoms with E-state index in [-0.39, 0.29) is 0 Å². The molecule has 2 N–H and O–H groups in total. The molecule has 6 heteroatoms. The number of aliphatic hydroxyl groups excluding tert-OH is 1. The van der Waals surface area contributed by atoms with Crippen molar-refractivity contribution in [2.24, 2.45) is 0 Å². The van der Waals surface area contributed by atoms with Gasteiger partial charge in [-0.15, -0.1) is 0 Å². The van der Waals surface area contributed by atoms with Gasteiger partial charge in [0.1, 0.15) is 11.9 Å². The lowest BCUT2D eigenvalue weighted by Gasteiger charge is -2.29. The molecule has 1 fully saturated rings. The molecule has 1 aliphatic rings. The summed E-state index contributed by atoms with van der Waals surface area (Å²) in [6.07, 6.45) is 2.56. The van der Waals surface area contributed by atoms with Crippen molar-refractivity contribution in [1.82, 2.24) is 19.9 Å². The molecule has 0 amide bonds. The van der Waals surface area contributed by atoms with Gasteiger partial charge in [0.2, 0.25) is 0 Å². The number of aromatic nitrogens is 3. The van der Waals surface area contributed by atoms with Gasteiger partial charge < -0.3 is 19.9 Å². The molecular formula is C32H33N5O. The summed E-state index contributed by atoms with van der Waals surface area (Å²) in [6.45, 7) is 9.00. The van der Waals surface area contributed by atoms with Gasteiger partial charge in [0, 0.05) is 50.8 Å². The summed E-state index contributed by atoms with van der Waals surface area (Å²) in [5.74, 6) is 0.637. The first kappa shape index (κ1) is 24.3. The number of pyridine rings is 1. The van der Waals surface area contributed by atoms with E-state index in [1.54, 1.807) is 12.4 Å². The second kappa shape index (κ2) is 10.4. The first-order valence-electron chi connectivity index (χ1n) is 13.3. The summed E-state index contributed by atoms with van der Waals surface area (Å²) in [5, 5.41) is 14.8. The number of piperazine rings is 1. The van der Waals surface area contributed by atoms with Crippen LogP contribution in [0.5, 0.6) is 0 Å². The smallest absolute Gasteiger partial charge is 0.143 e. The Balaban J connectivity index is 1.42. The molecule has 1 saturated heterocycles. The highest BCUT2D eigenvalue weighted by Gasteiger charge is 2.21. The van der Waals surface area contributed by atoms with Crippen molar-refractivity contribution in [3.05, 3.63) is 113 Å². The number of nitrogens with one attached hydrogen (secondary N) is 1. The predicted octanol–water partition coefficient (Wildman–Crippen LogP) is 5.25. The van der Waals surface area contributed by atoms with Gasteiger partial charge >= 0.3 is 0 Å². The number of aliphatic hydroxyl groups is 1. The van der Waals surface area contributed by atoms with Crippen molar-refractivity contribution in [3.8, 4) is 11.1 Å². The monoisotopic (exact) mass is 503 g/mol. The third kappa shape index (κ3) is 4.80. The molecule has 1 aliphatic heterocycles. The maximum absolute atomic E-state index is 11.4. The second-order valence-electron chi connectivity index (χ2n) is 10.2. The third-order valence-electron chi connectivity index (χ3n) is 7.56. The van der Waals surface area contributed by atoms with Gasteiger partial charge in [-0.05, 0) is 78.1 Å². The minimum Gasteiger partial charge on any atom is -0.380 e. The van der Waals surface area contributed by atoms with Crippen LogP contribution in [-0.2, 0) is 6.54 Å². The van der Waals surface area contributed by atoms with Crippen LogP contribution in [0.4, 0.5) is 5.69 Å². The van der Waals surface area contributed by atoms with E-state index in [2.05, 4.69) is 94.3 Å². The van der Waals surface area contributed by atoms with Crippen LogP contribution in [-0.4, -0.2) is 45.8 Å². The van der Waals surface area contributed by atoms with Gasteiger partial charge in [0.05, 0.1) is 11.0 Å². The number of hydrogen-bond donors (Lipinski definition) is 2. The van der Waals surface area contributed by atoms with Crippen molar-refractivity contribution in [2.45, 2.75) is 26.5 Å². The maximum atomic E-state index is 11.4. The summed E-state index contributed by atoms with van der Waals surface area (Å²) in [4.78, 5) is 11.5. The third-order valence-corrected chi connectivity index (χ3v) is 7.56.